The van der Waals surface area contributed by atoms with Gasteiger partial charge in [0.05, 0.1) is 6.61 Å². The molecule has 3 nitrogen and oxygen atoms in total. The number of carbonyl (C=O) groups excluding carboxylic acids is 1. The second-order valence-corrected chi connectivity index (χ2v) is 16.4. The molecule has 0 aliphatic heterocycles. The predicted molar refractivity (Wildman–Crippen MR) is 145 cm³/mol. The van der Waals surface area contributed by atoms with Crippen molar-refractivity contribution in [2.75, 3.05) is 6.61 Å². The second kappa shape index (κ2) is 15.3. The predicted octanol–water partition coefficient (Wildman–Crippen LogP) is 9.15. The molecule has 0 atom stereocenters. The fraction of sp³-hybridized carbons (Fsp3) is 0.607. The van der Waals surface area contributed by atoms with E-state index in [1.54, 1.807) is 11.3 Å². The van der Waals surface area contributed by atoms with Gasteiger partial charge in [-0.3, -0.25) is 0 Å². The summed E-state index contributed by atoms with van der Waals surface area (Å²) < 4.78 is 11.5. The number of unbranched alkanes of at least 4 members (excludes halogenated alkanes) is 6. The average Bonchev–Trinajstić information content (AvgIpc) is 3.28. The molecule has 0 aliphatic carbocycles. The molecular weight excluding hydrogens is 444 g/mol. The lowest BCUT2D eigenvalue weighted by Gasteiger charge is -2.21. The quantitative estimate of drug-likeness (QED) is 0.0963. The highest BCUT2D eigenvalue weighted by molar-refractivity contribution is 7.13. The van der Waals surface area contributed by atoms with Gasteiger partial charge in [0, 0.05) is 13.0 Å². The molecule has 0 unspecified atom stereocenters. The Hall–Kier alpha value is -1.59. The highest BCUT2D eigenvalue weighted by Crippen LogP contribution is 2.24. The largest absolute Gasteiger partial charge is 0.494 e. The Bertz CT molecular complexity index is 798. The van der Waals surface area contributed by atoms with E-state index >= 15 is 0 Å². The molecule has 0 spiro atoms. The van der Waals surface area contributed by atoms with Gasteiger partial charge in [-0.1, -0.05) is 84.0 Å². The fourth-order valence-corrected chi connectivity index (χ4v) is 7.57. The van der Waals surface area contributed by atoms with Crippen LogP contribution < -0.4 is 9.47 Å². The summed E-state index contributed by atoms with van der Waals surface area (Å²) in [7, 11) is -1.07. The van der Waals surface area contributed by atoms with Crippen LogP contribution in [0.15, 0.2) is 36.4 Å². The van der Waals surface area contributed by atoms with E-state index in [0.29, 0.717) is 10.6 Å². The second-order valence-electron chi connectivity index (χ2n) is 9.86. The van der Waals surface area contributed by atoms with Crippen LogP contribution in [0.25, 0.3) is 0 Å². The third-order valence-electron chi connectivity index (χ3n) is 6.15. The Labute approximate surface area is 206 Å². The van der Waals surface area contributed by atoms with Crippen molar-refractivity contribution in [3.8, 4) is 11.5 Å². The van der Waals surface area contributed by atoms with Gasteiger partial charge in [-0.2, -0.15) is 0 Å². The Morgan fingerprint density at radius 3 is 2.15 bits per heavy atom. The number of esters is 1. The van der Waals surface area contributed by atoms with Gasteiger partial charge in [0.15, 0.2) is 0 Å². The maximum Gasteiger partial charge on any atom is 0.353 e. The zero-order valence-corrected chi connectivity index (χ0v) is 23.1. The summed E-state index contributed by atoms with van der Waals surface area (Å²) in [4.78, 5) is 14.4. The maximum absolute atomic E-state index is 12.5. The molecular formula is C28H44O3SSi. The van der Waals surface area contributed by atoms with Gasteiger partial charge in [0.1, 0.15) is 16.4 Å². The number of rotatable bonds is 17. The smallest absolute Gasteiger partial charge is 0.353 e. The van der Waals surface area contributed by atoms with E-state index in [4.69, 9.17) is 9.47 Å². The van der Waals surface area contributed by atoms with Gasteiger partial charge in [0.25, 0.3) is 0 Å². The van der Waals surface area contributed by atoms with Crippen molar-refractivity contribution in [2.24, 2.45) is 0 Å². The molecule has 0 bridgehead atoms. The first-order chi connectivity index (χ1) is 15.9. The number of thiophene rings is 1. The minimum absolute atomic E-state index is 0.276. The average molecular weight is 489 g/mol. The van der Waals surface area contributed by atoms with Crippen LogP contribution >= 0.6 is 11.3 Å². The number of hydrogen-bond acceptors (Lipinski definition) is 4. The zero-order chi connectivity index (χ0) is 23.9. The molecule has 0 aliphatic rings. The Morgan fingerprint density at radius 2 is 1.42 bits per heavy atom. The molecule has 0 amide bonds. The molecule has 0 N–H and O–H groups in total. The van der Waals surface area contributed by atoms with Crippen LogP contribution in [0, 0.1) is 0 Å². The summed E-state index contributed by atoms with van der Waals surface area (Å²) in [5, 5.41) is 0. The lowest BCUT2D eigenvalue weighted by Crippen LogP contribution is -2.25. The van der Waals surface area contributed by atoms with Gasteiger partial charge < -0.3 is 9.47 Å². The number of carbonyl (C=O) groups is 1. The molecule has 33 heavy (non-hydrogen) atoms. The number of aryl methyl sites for hydroxylation is 1. The van der Waals surface area contributed by atoms with Crippen LogP contribution in [0.1, 0.15) is 86.2 Å². The first-order valence-corrected chi connectivity index (χ1v) is 17.2. The van der Waals surface area contributed by atoms with Crippen molar-refractivity contribution in [3.63, 3.8) is 0 Å². The van der Waals surface area contributed by atoms with Crippen LogP contribution in [-0.4, -0.2) is 20.7 Å². The van der Waals surface area contributed by atoms with Crippen molar-refractivity contribution >= 4 is 25.4 Å². The summed E-state index contributed by atoms with van der Waals surface area (Å²) in [5.74, 6) is 1.12. The van der Waals surface area contributed by atoms with E-state index in [2.05, 4.69) is 33.0 Å². The van der Waals surface area contributed by atoms with Crippen LogP contribution in [0.4, 0.5) is 0 Å². The van der Waals surface area contributed by atoms with Crippen LogP contribution in [0.3, 0.4) is 0 Å². The van der Waals surface area contributed by atoms with E-state index < -0.39 is 8.07 Å². The number of hydrogen-bond donors (Lipinski definition) is 0. The SMILES string of the molecule is CCCCCCCCc1ccc(C(=O)Oc2ccc(OCCC[Si](C)(C)CCCC)cc2)s1. The van der Waals surface area contributed by atoms with Crippen molar-refractivity contribution in [1.82, 2.24) is 0 Å². The van der Waals surface area contributed by atoms with E-state index in [1.807, 2.05) is 30.3 Å². The monoisotopic (exact) mass is 488 g/mol. The molecule has 184 valence electrons. The summed E-state index contributed by atoms with van der Waals surface area (Å²) in [5.41, 5.74) is 0. The minimum Gasteiger partial charge on any atom is -0.494 e. The number of benzene rings is 1. The highest BCUT2D eigenvalue weighted by Gasteiger charge is 2.19. The van der Waals surface area contributed by atoms with Gasteiger partial charge in [-0.05, 0) is 55.7 Å². The molecule has 0 fully saturated rings. The van der Waals surface area contributed by atoms with Crippen molar-refractivity contribution in [3.05, 3.63) is 46.2 Å². The van der Waals surface area contributed by atoms with Gasteiger partial charge in [-0.25, -0.2) is 4.79 Å². The Morgan fingerprint density at radius 1 is 0.788 bits per heavy atom. The van der Waals surface area contributed by atoms with Crippen LogP contribution in [0.2, 0.25) is 25.2 Å². The minimum atomic E-state index is -1.07. The zero-order valence-electron chi connectivity index (χ0n) is 21.3. The van der Waals surface area contributed by atoms with Crippen LogP contribution in [-0.2, 0) is 6.42 Å². The molecule has 2 rings (SSSR count). The fourth-order valence-electron chi connectivity index (χ4n) is 3.98. The molecule has 1 heterocycles. The van der Waals surface area contributed by atoms with Gasteiger partial charge in [-0.15, -0.1) is 11.3 Å². The van der Waals surface area contributed by atoms with Crippen molar-refractivity contribution in [2.45, 2.75) is 103 Å². The molecule has 1 aromatic heterocycles. The molecule has 5 heteroatoms. The molecule has 0 radical (unpaired) electrons. The summed E-state index contributed by atoms with van der Waals surface area (Å²) in [6, 6.07) is 14.1. The molecule has 2 aromatic rings. The molecule has 0 saturated carbocycles. The van der Waals surface area contributed by atoms with Crippen LogP contribution in [0.5, 0.6) is 11.5 Å². The Kier molecular flexibility index (Phi) is 12.9. The normalized spacial score (nSPS) is 11.5. The summed E-state index contributed by atoms with van der Waals surface area (Å²) >= 11 is 1.56. The summed E-state index contributed by atoms with van der Waals surface area (Å²) in [6.45, 7) is 10.2. The standard InChI is InChI=1S/C28H44O3SSi/c1-5-7-9-10-11-12-14-26-19-20-27(32-26)28(29)31-25-17-15-24(16-18-25)30-21-13-23-33(3,4)22-8-6-2/h15-20H,5-14,21-23H2,1-4H3. The lowest BCUT2D eigenvalue weighted by atomic mass is 10.1. The van der Waals surface area contributed by atoms with Gasteiger partial charge in [0.2, 0.25) is 0 Å². The Balaban J connectivity index is 1.69. The van der Waals surface area contributed by atoms with Gasteiger partial charge >= 0.3 is 5.97 Å². The van der Waals surface area contributed by atoms with E-state index in [9.17, 15) is 4.79 Å². The maximum atomic E-state index is 12.5. The third kappa shape index (κ3) is 11.4. The molecule has 1 aromatic carbocycles. The lowest BCUT2D eigenvalue weighted by molar-refractivity contribution is 0.0739. The first kappa shape index (κ1) is 27.6. The van der Waals surface area contributed by atoms with Crippen molar-refractivity contribution in [1.29, 1.82) is 0 Å². The van der Waals surface area contributed by atoms with E-state index in [-0.39, 0.29) is 5.97 Å². The highest BCUT2D eigenvalue weighted by atomic mass is 32.1. The number of ether oxygens (including phenoxy) is 2. The topological polar surface area (TPSA) is 35.5 Å². The molecule has 0 saturated heterocycles. The summed E-state index contributed by atoms with van der Waals surface area (Å²) in [6.07, 6.45) is 12.5. The van der Waals surface area contributed by atoms with E-state index in [0.717, 1.165) is 25.2 Å². The third-order valence-corrected chi connectivity index (χ3v) is 10.7. The first-order valence-electron chi connectivity index (χ1n) is 13.0. The van der Waals surface area contributed by atoms with Crippen molar-refractivity contribution < 1.29 is 14.3 Å². The van der Waals surface area contributed by atoms with E-state index in [1.165, 1.54) is 68.3 Å².